The van der Waals surface area contributed by atoms with Crippen LogP contribution in [0.15, 0.2) is 158 Å². The lowest BCUT2D eigenvalue weighted by Crippen LogP contribution is -1.89. The summed E-state index contributed by atoms with van der Waals surface area (Å²) >= 11 is 0. The monoisotopic (exact) mass is 530 g/mol. The van der Waals surface area contributed by atoms with Gasteiger partial charge in [-0.3, -0.25) is 0 Å². The molecule has 9 aromatic rings. The van der Waals surface area contributed by atoms with Gasteiger partial charge in [0.15, 0.2) is 0 Å². The Morgan fingerprint density at radius 2 is 0.714 bits per heavy atom. The van der Waals surface area contributed by atoms with E-state index in [1.807, 2.05) is 0 Å². The number of rotatable bonds is 2. The Morgan fingerprint density at radius 3 is 1.43 bits per heavy atom. The highest BCUT2D eigenvalue weighted by molar-refractivity contribution is 6.33. The first-order valence-corrected chi connectivity index (χ1v) is 14.6. The lowest BCUT2D eigenvalue weighted by molar-refractivity contribution is 1.68. The maximum atomic E-state index is 2.43. The van der Waals surface area contributed by atoms with Crippen LogP contribution in [0.1, 0.15) is 0 Å². The molecular formula is C42H26. The third-order valence-corrected chi connectivity index (χ3v) is 8.98. The topological polar surface area (TPSA) is 0 Å². The molecule has 194 valence electrons. The van der Waals surface area contributed by atoms with Gasteiger partial charge in [-0.05, 0) is 111 Å². The average molecular weight is 531 g/mol. The van der Waals surface area contributed by atoms with Gasteiger partial charge in [-0.25, -0.2) is 0 Å². The number of benzene rings is 9. The van der Waals surface area contributed by atoms with Crippen LogP contribution in [0.3, 0.4) is 0 Å². The third kappa shape index (κ3) is 3.49. The molecule has 42 heavy (non-hydrogen) atoms. The van der Waals surface area contributed by atoms with Gasteiger partial charge in [0.25, 0.3) is 0 Å². The zero-order valence-electron chi connectivity index (χ0n) is 23.0. The SMILES string of the molecule is c1ccc2cc(-c3ccc4c(c3)c3ccccc3c3cc(-c5ccc6ccccc6c5)c5ccccc5c43)ccc2c1. The van der Waals surface area contributed by atoms with Crippen LogP contribution in [-0.2, 0) is 0 Å². The molecule has 0 saturated heterocycles. The molecule has 0 heteroatoms. The lowest BCUT2D eigenvalue weighted by Gasteiger charge is -2.17. The first-order valence-electron chi connectivity index (χ1n) is 14.6. The number of hydrogen-bond donors (Lipinski definition) is 0. The van der Waals surface area contributed by atoms with E-state index >= 15 is 0 Å². The standard InChI is InChI=1S/C42H26/c1-3-11-29-23-31(19-17-27(29)9-1)32-21-22-38-40(25-32)34-13-5-6-14-35(34)41-26-39(36-15-7-8-16-37(36)42(38)41)33-20-18-28-10-2-4-12-30(28)24-33/h1-26H. The van der Waals surface area contributed by atoms with Gasteiger partial charge < -0.3 is 0 Å². The summed E-state index contributed by atoms with van der Waals surface area (Å²) in [6, 6.07) is 58.2. The highest BCUT2D eigenvalue weighted by atomic mass is 14.2. The van der Waals surface area contributed by atoms with E-state index in [1.54, 1.807) is 0 Å². The van der Waals surface area contributed by atoms with Crippen molar-refractivity contribution in [3.8, 4) is 22.3 Å². The molecule has 0 N–H and O–H groups in total. The second kappa shape index (κ2) is 9.03. The summed E-state index contributed by atoms with van der Waals surface area (Å²) in [4.78, 5) is 0. The fraction of sp³-hybridized carbons (Fsp3) is 0. The molecule has 0 saturated carbocycles. The molecule has 0 bridgehead atoms. The summed E-state index contributed by atoms with van der Waals surface area (Å²) in [6.45, 7) is 0. The van der Waals surface area contributed by atoms with Crippen LogP contribution < -0.4 is 0 Å². The molecule has 0 atom stereocenters. The number of fused-ring (bicyclic) bond motifs is 10. The minimum atomic E-state index is 1.25. The van der Waals surface area contributed by atoms with Crippen LogP contribution in [0.4, 0.5) is 0 Å². The van der Waals surface area contributed by atoms with Gasteiger partial charge in [0.05, 0.1) is 0 Å². The molecule has 9 rings (SSSR count). The van der Waals surface area contributed by atoms with Gasteiger partial charge in [0, 0.05) is 0 Å². The summed E-state index contributed by atoms with van der Waals surface area (Å²) < 4.78 is 0. The first kappa shape index (κ1) is 23.3. The molecule has 0 radical (unpaired) electrons. The maximum absolute atomic E-state index is 2.43. The largest absolute Gasteiger partial charge is 0.0616 e. The smallest absolute Gasteiger partial charge is 0.00199 e. The van der Waals surface area contributed by atoms with Crippen LogP contribution in [0.2, 0.25) is 0 Å². The molecule has 0 nitrogen and oxygen atoms in total. The van der Waals surface area contributed by atoms with E-state index < -0.39 is 0 Å². The van der Waals surface area contributed by atoms with Gasteiger partial charge in [-0.1, -0.05) is 133 Å². The zero-order chi connectivity index (χ0) is 27.6. The van der Waals surface area contributed by atoms with E-state index in [9.17, 15) is 0 Å². The van der Waals surface area contributed by atoms with Gasteiger partial charge in [0.1, 0.15) is 0 Å². The molecule has 0 aliphatic carbocycles. The van der Waals surface area contributed by atoms with Gasteiger partial charge >= 0.3 is 0 Å². The van der Waals surface area contributed by atoms with E-state index in [-0.39, 0.29) is 0 Å². The maximum Gasteiger partial charge on any atom is -0.00199 e. The molecule has 0 aliphatic heterocycles. The van der Waals surface area contributed by atoms with Crippen molar-refractivity contribution in [1.82, 2.24) is 0 Å². The minimum Gasteiger partial charge on any atom is -0.0616 e. The fourth-order valence-corrected chi connectivity index (χ4v) is 6.96. The molecule has 0 unspecified atom stereocenters. The normalized spacial score (nSPS) is 11.8. The Hall–Kier alpha value is -5.46. The van der Waals surface area contributed by atoms with Crippen molar-refractivity contribution in [2.24, 2.45) is 0 Å². The fourth-order valence-electron chi connectivity index (χ4n) is 6.96. The summed E-state index contributed by atoms with van der Waals surface area (Å²) in [6.07, 6.45) is 0. The van der Waals surface area contributed by atoms with E-state index in [1.165, 1.54) is 86.9 Å². The highest BCUT2D eigenvalue weighted by Gasteiger charge is 2.16. The van der Waals surface area contributed by atoms with Crippen LogP contribution in [0.5, 0.6) is 0 Å². The third-order valence-electron chi connectivity index (χ3n) is 8.98. The Balaban J connectivity index is 1.37. The summed E-state index contributed by atoms with van der Waals surface area (Å²) in [5.41, 5.74) is 5.02. The van der Waals surface area contributed by atoms with Crippen molar-refractivity contribution in [2.75, 3.05) is 0 Å². The molecule has 0 fully saturated rings. The molecule has 0 spiro atoms. The van der Waals surface area contributed by atoms with Crippen LogP contribution >= 0.6 is 0 Å². The molecule has 0 heterocycles. The lowest BCUT2D eigenvalue weighted by atomic mass is 9.86. The summed E-state index contributed by atoms with van der Waals surface area (Å²) in [5, 5.41) is 15.5. The zero-order valence-corrected chi connectivity index (χ0v) is 23.0. The predicted octanol–water partition coefficient (Wildman–Crippen LogP) is 11.9. The van der Waals surface area contributed by atoms with Crippen LogP contribution in [0.25, 0.3) is 86.9 Å². The van der Waals surface area contributed by atoms with E-state index in [0.29, 0.717) is 0 Å². The second-order valence-electron chi connectivity index (χ2n) is 11.3. The summed E-state index contributed by atoms with van der Waals surface area (Å²) in [7, 11) is 0. The van der Waals surface area contributed by atoms with Gasteiger partial charge in [-0.2, -0.15) is 0 Å². The first-order chi connectivity index (χ1) is 20.8. The van der Waals surface area contributed by atoms with Crippen molar-refractivity contribution in [2.45, 2.75) is 0 Å². The minimum absolute atomic E-state index is 1.25. The van der Waals surface area contributed by atoms with Gasteiger partial charge in [-0.15, -0.1) is 0 Å². The van der Waals surface area contributed by atoms with Crippen molar-refractivity contribution < 1.29 is 0 Å². The van der Waals surface area contributed by atoms with E-state index in [2.05, 4.69) is 158 Å². The van der Waals surface area contributed by atoms with Crippen LogP contribution in [-0.4, -0.2) is 0 Å². The molecular weight excluding hydrogens is 504 g/mol. The van der Waals surface area contributed by atoms with Gasteiger partial charge in [0.2, 0.25) is 0 Å². The highest BCUT2D eigenvalue weighted by Crippen LogP contribution is 2.44. The Bertz CT molecular complexity index is 2510. The van der Waals surface area contributed by atoms with E-state index in [0.717, 1.165) is 0 Å². The molecule has 9 aromatic carbocycles. The number of hydrogen-bond acceptors (Lipinski definition) is 0. The predicted molar refractivity (Wildman–Crippen MR) is 182 cm³/mol. The Morgan fingerprint density at radius 1 is 0.238 bits per heavy atom. The quantitative estimate of drug-likeness (QED) is 0.195. The molecule has 0 amide bonds. The Labute approximate surface area is 244 Å². The second-order valence-corrected chi connectivity index (χ2v) is 11.3. The van der Waals surface area contributed by atoms with Crippen molar-refractivity contribution >= 4 is 64.6 Å². The molecule has 0 aromatic heterocycles. The van der Waals surface area contributed by atoms with Crippen molar-refractivity contribution in [3.63, 3.8) is 0 Å². The van der Waals surface area contributed by atoms with E-state index in [4.69, 9.17) is 0 Å². The van der Waals surface area contributed by atoms with Crippen LogP contribution in [0, 0.1) is 0 Å². The molecule has 0 aliphatic rings. The van der Waals surface area contributed by atoms with Crippen molar-refractivity contribution in [1.29, 1.82) is 0 Å². The van der Waals surface area contributed by atoms with Crippen molar-refractivity contribution in [3.05, 3.63) is 158 Å². The summed E-state index contributed by atoms with van der Waals surface area (Å²) in [5.74, 6) is 0. The Kier molecular flexibility index (Phi) is 5.00. The average Bonchev–Trinajstić information content (AvgIpc) is 3.07.